The second-order valence-electron chi connectivity index (χ2n) is 7.89. The van der Waals surface area contributed by atoms with Gasteiger partial charge in [0.2, 0.25) is 5.91 Å². The van der Waals surface area contributed by atoms with Crippen LogP contribution in [0.1, 0.15) is 45.6 Å². The number of nitrogens with one attached hydrogen (secondary N) is 2. The van der Waals surface area contributed by atoms with Crippen LogP contribution in [-0.2, 0) is 11.2 Å². The molecule has 1 saturated heterocycles. The number of hydrogen-bond donors (Lipinski definition) is 2. The highest BCUT2D eigenvalue weighted by molar-refractivity contribution is 5.85. The van der Waals surface area contributed by atoms with Gasteiger partial charge in [-0.15, -0.1) is 12.4 Å². The fourth-order valence-electron chi connectivity index (χ4n) is 3.44. The summed E-state index contributed by atoms with van der Waals surface area (Å²) in [6.45, 7) is 9.57. The minimum Gasteiger partial charge on any atom is -0.356 e. The van der Waals surface area contributed by atoms with E-state index < -0.39 is 0 Å². The summed E-state index contributed by atoms with van der Waals surface area (Å²) in [4.78, 5) is 12.3. The minimum atomic E-state index is 0. The summed E-state index contributed by atoms with van der Waals surface area (Å²) < 4.78 is 0. The summed E-state index contributed by atoms with van der Waals surface area (Å²) in [6.07, 6.45) is 4.12. The second-order valence-corrected chi connectivity index (χ2v) is 7.89. The highest BCUT2D eigenvalue weighted by Crippen LogP contribution is 2.23. The van der Waals surface area contributed by atoms with Crippen molar-refractivity contribution in [3.05, 3.63) is 35.9 Å². The average Bonchev–Trinajstić information content (AvgIpc) is 2.54. The third-order valence-electron chi connectivity index (χ3n) is 4.94. The van der Waals surface area contributed by atoms with Crippen LogP contribution in [0.5, 0.6) is 0 Å². The zero-order valence-electron chi connectivity index (χ0n) is 15.3. The zero-order chi connectivity index (χ0) is 16.7. The van der Waals surface area contributed by atoms with Crippen LogP contribution >= 0.6 is 12.4 Å². The molecule has 0 aromatic heterocycles. The predicted octanol–water partition coefficient (Wildman–Crippen LogP) is 3.82. The predicted molar refractivity (Wildman–Crippen MR) is 104 cm³/mol. The van der Waals surface area contributed by atoms with Crippen molar-refractivity contribution >= 4 is 18.3 Å². The molecule has 3 nitrogen and oxygen atoms in total. The molecule has 2 N–H and O–H groups in total. The summed E-state index contributed by atoms with van der Waals surface area (Å²) in [7, 11) is 0. The van der Waals surface area contributed by atoms with Gasteiger partial charge in [-0.1, -0.05) is 51.1 Å². The highest BCUT2D eigenvalue weighted by atomic mass is 35.5. The molecule has 0 aliphatic carbocycles. The maximum Gasteiger partial charge on any atom is 0.220 e. The molecule has 1 amide bonds. The lowest BCUT2D eigenvalue weighted by molar-refractivity contribution is -0.122. The second kappa shape index (κ2) is 10.0. The molecule has 136 valence electrons. The monoisotopic (exact) mass is 352 g/mol. The van der Waals surface area contributed by atoms with Crippen LogP contribution in [0.4, 0.5) is 0 Å². The van der Waals surface area contributed by atoms with Gasteiger partial charge in [0, 0.05) is 13.0 Å². The van der Waals surface area contributed by atoms with Crippen LogP contribution in [0.3, 0.4) is 0 Å². The molecule has 0 bridgehead atoms. The summed E-state index contributed by atoms with van der Waals surface area (Å²) in [6, 6.07) is 10.5. The number of amides is 1. The van der Waals surface area contributed by atoms with E-state index in [-0.39, 0.29) is 23.7 Å². The van der Waals surface area contributed by atoms with E-state index in [4.69, 9.17) is 0 Å². The standard InChI is InChI=1S/C20H32N2O.ClH/c1-16(18-10-7-11-21-14-18)12-19(23)22-15-20(2,3)13-17-8-5-4-6-9-17;/h4-6,8-9,16,18,21H,7,10-15H2,1-3H3,(H,22,23);1H. The smallest absolute Gasteiger partial charge is 0.220 e. The lowest BCUT2D eigenvalue weighted by atomic mass is 9.84. The first-order valence-corrected chi connectivity index (χ1v) is 8.98. The van der Waals surface area contributed by atoms with Gasteiger partial charge in [0.05, 0.1) is 0 Å². The Labute approximate surface area is 153 Å². The van der Waals surface area contributed by atoms with Crippen molar-refractivity contribution in [1.82, 2.24) is 10.6 Å². The van der Waals surface area contributed by atoms with Crippen LogP contribution in [-0.4, -0.2) is 25.5 Å². The highest BCUT2D eigenvalue weighted by Gasteiger charge is 2.24. The number of carbonyl (C=O) groups is 1. The Morgan fingerprint density at radius 1 is 1.33 bits per heavy atom. The maximum absolute atomic E-state index is 12.3. The molecule has 1 aliphatic rings. The molecular weight excluding hydrogens is 320 g/mol. The molecule has 1 heterocycles. The average molecular weight is 353 g/mol. The van der Waals surface area contributed by atoms with Crippen molar-refractivity contribution in [2.75, 3.05) is 19.6 Å². The van der Waals surface area contributed by atoms with Gasteiger partial charge in [-0.2, -0.15) is 0 Å². The first-order chi connectivity index (χ1) is 11.0. The molecule has 4 heteroatoms. The Morgan fingerprint density at radius 3 is 2.67 bits per heavy atom. The van der Waals surface area contributed by atoms with E-state index in [1.54, 1.807) is 0 Å². The largest absolute Gasteiger partial charge is 0.356 e. The number of benzene rings is 1. The first kappa shape index (κ1) is 21.0. The van der Waals surface area contributed by atoms with Gasteiger partial charge in [-0.25, -0.2) is 0 Å². The van der Waals surface area contributed by atoms with E-state index in [2.05, 4.69) is 55.7 Å². The van der Waals surface area contributed by atoms with Crippen LogP contribution in [0, 0.1) is 17.3 Å². The Bertz CT molecular complexity index is 484. The van der Waals surface area contributed by atoms with Gasteiger partial charge in [0.1, 0.15) is 0 Å². The lowest BCUT2D eigenvalue weighted by Crippen LogP contribution is -2.38. The van der Waals surface area contributed by atoms with E-state index in [9.17, 15) is 4.79 Å². The van der Waals surface area contributed by atoms with Crippen LogP contribution in [0.15, 0.2) is 30.3 Å². The van der Waals surface area contributed by atoms with E-state index >= 15 is 0 Å². The van der Waals surface area contributed by atoms with Gasteiger partial charge in [0.25, 0.3) is 0 Å². The van der Waals surface area contributed by atoms with Gasteiger partial charge >= 0.3 is 0 Å². The van der Waals surface area contributed by atoms with Gasteiger partial charge in [-0.05, 0) is 55.2 Å². The molecule has 1 aromatic carbocycles. The zero-order valence-corrected chi connectivity index (χ0v) is 16.1. The van der Waals surface area contributed by atoms with Crippen LogP contribution < -0.4 is 10.6 Å². The van der Waals surface area contributed by atoms with E-state index in [1.807, 2.05) is 6.07 Å². The van der Waals surface area contributed by atoms with Crippen molar-refractivity contribution in [3.8, 4) is 0 Å². The van der Waals surface area contributed by atoms with Crippen LogP contribution in [0.2, 0.25) is 0 Å². The number of hydrogen-bond acceptors (Lipinski definition) is 2. The van der Waals surface area contributed by atoms with E-state index in [0.717, 1.165) is 26.1 Å². The summed E-state index contributed by atoms with van der Waals surface area (Å²) in [5, 5.41) is 6.59. The number of piperidine rings is 1. The van der Waals surface area contributed by atoms with Gasteiger partial charge in [-0.3, -0.25) is 4.79 Å². The normalized spacial score (nSPS) is 19.2. The topological polar surface area (TPSA) is 41.1 Å². The maximum atomic E-state index is 12.3. The van der Waals surface area contributed by atoms with Crippen molar-refractivity contribution < 1.29 is 4.79 Å². The molecule has 1 fully saturated rings. The molecule has 0 saturated carbocycles. The fraction of sp³-hybridized carbons (Fsp3) is 0.650. The number of carbonyl (C=O) groups excluding carboxylic acids is 1. The first-order valence-electron chi connectivity index (χ1n) is 8.98. The fourth-order valence-corrected chi connectivity index (χ4v) is 3.44. The van der Waals surface area contributed by atoms with Crippen molar-refractivity contribution in [2.24, 2.45) is 17.3 Å². The van der Waals surface area contributed by atoms with Gasteiger partial charge in [0.15, 0.2) is 0 Å². The third kappa shape index (κ3) is 7.23. The van der Waals surface area contributed by atoms with E-state index in [1.165, 1.54) is 18.4 Å². The SMILES string of the molecule is CC(CC(=O)NCC(C)(C)Cc1ccccc1)C1CCCNC1.Cl. The van der Waals surface area contributed by atoms with Crippen molar-refractivity contribution in [3.63, 3.8) is 0 Å². The van der Waals surface area contributed by atoms with E-state index in [0.29, 0.717) is 18.3 Å². The molecule has 24 heavy (non-hydrogen) atoms. The van der Waals surface area contributed by atoms with Gasteiger partial charge < -0.3 is 10.6 Å². The van der Waals surface area contributed by atoms with Crippen molar-refractivity contribution in [2.45, 2.75) is 46.5 Å². The molecule has 0 radical (unpaired) electrons. The third-order valence-corrected chi connectivity index (χ3v) is 4.94. The molecular formula is C20H33ClN2O. The number of rotatable bonds is 7. The Balaban J connectivity index is 0.00000288. The molecule has 2 unspecified atom stereocenters. The molecule has 2 rings (SSSR count). The van der Waals surface area contributed by atoms with Crippen molar-refractivity contribution in [1.29, 1.82) is 0 Å². The molecule has 0 spiro atoms. The number of halogens is 1. The molecule has 2 atom stereocenters. The van der Waals surface area contributed by atoms with Crippen LogP contribution in [0.25, 0.3) is 0 Å². The Hall–Kier alpha value is -1.06. The molecule has 1 aliphatic heterocycles. The Morgan fingerprint density at radius 2 is 2.04 bits per heavy atom. The minimum absolute atomic E-state index is 0. The molecule has 1 aromatic rings. The lowest BCUT2D eigenvalue weighted by Gasteiger charge is -2.29. The summed E-state index contributed by atoms with van der Waals surface area (Å²) in [5.74, 6) is 1.30. The summed E-state index contributed by atoms with van der Waals surface area (Å²) in [5.41, 5.74) is 1.40. The Kier molecular flexibility index (Phi) is 8.79. The summed E-state index contributed by atoms with van der Waals surface area (Å²) >= 11 is 0. The quantitative estimate of drug-likeness (QED) is 0.783.